The number of aromatic nitrogens is 4. The molecule has 0 aromatic carbocycles. The standard InChI is InChI=1S/C5H4N4.H2O/c1-2-8-9-5-4(1)6-3-7-5;/h1-3H,(H,6,7,9);1H2. The van der Waals surface area contributed by atoms with E-state index >= 15 is 0 Å². The summed E-state index contributed by atoms with van der Waals surface area (Å²) >= 11 is 0. The molecule has 0 aliphatic rings. The molecule has 2 heterocycles. The molecule has 0 amide bonds. The molecule has 2 aromatic heterocycles. The second-order valence-corrected chi connectivity index (χ2v) is 1.67. The molecule has 0 saturated heterocycles. The number of H-pyrrole nitrogens is 1. The minimum atomic E-state index is 0. The topological polar surface area (TPSA) is 86.0 Å². The van der Waals surface area contributed by atoms with Crippen LogP contribution in [0.25, 0.3) is 11.2 Å². The van der Waals surface area contributed by atoms with Gasteiger partial charge in [-0.25, -0.2) is 4.98 Å². The summed E-state index contributed by atoms with van der Waals surface area (Å²) < 4.78 is 0. The zero-order valence-electron chi connectivity index (χ0n) is 5.07. The van der Waals surface area contributed by atoms with Crippen LogP contribution in [0.5, 0.6) is 0 Å². The van der Waals surface area contributed by atoms with Crippen molar-refractivity contribution in [3.8, 4) is 0 Å². The van der Waals surface area contributed by atoms with E-state index in [-0.39, 0.29) is 5.48 Å². The molecule has 2 rings (SSSR count). The largest absolute Gasteiger partial charge is 0.412 e. The molecule has 0 atom stereocenters. The Morgan fingerprint density at radius 1 is 1.40 bits per heavy atom. The predicted octanol–water partition coefficient (Wildman–Crippen LogP) is -0.472. The molecule has 10 heavy (non-hydrogen) atoms. The van der Waals surface area contributed by atoms with E-state index in [0.717, 1.165) is 5.52 Å². The Kier molecular flexibility index (Phi) is 1.59. The normalized spacial score (nSPS) is 9.20. The van der Waals surface area contributed by atoms with Crippen molar-refractivity contribution < 1.29 is 5.48 Å². The van der Waals surface area contributed by atoms with Crippen LogP contribution in [-0.4, -0.2) is 25.6 Å². The number of imidazole rings is 1. The fourth-order valence-corrected chi connectivity index (χ4v) is 0.695. The molecular formula is C5H6N4O. The second kappa shape index (κ2) is 2.40. The van der Waals surface area contributed by atoms with Gasteiger partial charge in [-0.05, 0) is 6.07 Å². The van der Waals surface area contributed by atoms with E-state index in [1.807, 2.05) is 6.07 Å². The Morgan fingerprint density at radius 3 is 3.10 bits per heavy atom. The Labute approximate surface area is 56.4 Å². The lowest BCUT2D eigenvalue weighted by Gasteiger charge is -1.79. The fraction of sp³-hybridized carbons (Fsp3) is 0. The number of nitrogens with one attached hydrogen (secondary N) is 1. The summed E-state index contributed by atoms with van der Waals surface area (Å²) in [6.07, 6.45) is 3.22. The Morgan fingerprint density at radius 2 is 2.30 bits per heavy atom. The molecule has 0 saturated carbocycles. The minimum absolute atomic E-state index is 0. The van der Waals surface area contributed by atoms with E-state index < -0.39 is 0 Å². The molecule has 0 unspecified atom stereocenters. The Bertz CT molecular complexity index is 288. The summed E-state index contributed by atoms with van der Waals surface area (Å²) in [6, 6.07) is 1.83. The third-order valence-electron chi connectivity index (χ3n) is 1.11. The molecule has 0 fully saturated rings. The summed E-state index contributed by atoms with van der Waals surface area (Å²) in [5, 5.41) is 7.40. The summed E-state index contributed by atoms with van der Waals surface area (Å²) in [5.41, 5.74) is 1.59. The van der Waals surface area contributed by atoms with Gasteiger partial charge in [0.05, 0.1) is 18.0 Å². The highest BCUT2D eigenvalue weighted by molar-refractivity contribution is 5.67. The average molecular weight is 138 g/mol. The van der Waals surface area contributed by atoms with Crippen molar-refractivity contribution in [2.75, 3.05) is 0 Å². The first-order valence-corrected chi connectivity index (χ1v) is 2.57. The molecule has 5 nitrogen and oxygen atoms in total. The van der Waals surface area contributed by atoms with Crippen LogP contribution in [0.3, 0.4) is 0 Å². The maximum Gasteiger partial charge on any atom is 0.199 e. The van der Waals surface area contributed by atoms with Gasteiger partial charge in [0.15, 0.2) is 5.65 Å². The Hall–Kier alpha value is -1.49. The molecule has 3 N–H and O–H groups in total. The average Bonchev–Trinajstić information content (AvgIpc) is 2.33. The van der Waals surface area contributed by atoms with Crippen molar-refractivity contribution in [1.29, 1.82) is 0 Å². The van der Waals surface area contributed by atoms with Crippen LogP contribution in [0.2, 0.25) is 0 Å². The van der Waals surface area contributed by atoms with Crippen molar-refractivity contribution in [3.63, 3.8) is 0 Å². The summed E-state index contributed by atoms with van der Waals surface area (Å²) in [5.74, 6) is 0. The molecule has 0 radical (unpaired) electrons. The van der Waals surface area contributed by atoms with Crippen molar-refractivity contribution in [3.05, 3.63) is 18.6 Å². The minimum Gasteiger partial charge on any atom is -0.412 e. The number of aromatic amines is 1. The van der Waals surface area contributed by atoms with Crippen molar-refractivity contribution in [2.24, 2.45) is 0 Å². The van der Waals surface area contributed by atoms with E-state index in [2.05, 4.69) is 20.2 Å². The quantitative estimate of drug-likeness (QED) is 0.533. The zero-order chi connectivity index (χ0) is 6.10. The van der Waals surface area contributed by atoms with Gasteiger partial charge in [0.2, 0.25) is 0 Å². The maximum absolute atomic E-state index is 3.89. The second-order valence-electron chi connectivity index (χ2n) is 1.67. The highest BCUT2D eigenvalue weighted by Gasteiger charge is 1.91. The number of hydrogen-bond acceptors (Lipinski definition) is 3. The van der Waals surface area contributed by atoms with Gasteiger partial charge >= 0.3 is 0 Å². The van der Waals surface area contributed by atoms with Gasteiger partial charge < -0.3 is 10.5 Å². The lowest BCUT2D eigenvalue weighted by Crippen LogP contribution is -1.78. The number of nitrogens with zero attached hydrogens (tertiary/aromatic N) is 3. The lowest BCUT2D eigenvalue weighted by molar-refractivity contribution is 0.824. The summed E-state index contributed by atoms with van der Waals surface area (Å²) in [6.45, 7) is 0. The highest BCUT2D eigenvalue weighted by Crippen LogP contribution is 1.99. The maximum atomic E-state index is 3.89. The number of fused-ring (bicyclic) bond motifs is 1. The van der Waals surface area contributed by atoms with Gasteiger partial charge in [-0.1, -0.05) is 0 Å². The lowest BCUT2D eigenvalue weighted by atomic mass is 10.5. The van der Waals surface area contributed by atoms with Crippen LogP contribution in [0, 0.1) is 0 Å². The van der Waals surface area contributed by atoms with Crippen LogP contribution in [-0.2, 0) is 0 Å². The molecule has 0 aliphatic carbocycles. The van der Waals surface area contributed by atoms with Crippen LogP contribution in [0.1, 0.15) is 0 Å². The van der Waals surface area contributed by atoms with Crippen molar-refractivity contribution in [2.45, 2.75) is 0 Å². The number of rotatable bonds is 0. The summed E-state index contributed by atoms with van der Waals surface area (Å²) in [7, 11) is 0. The zero-order valence-corrected chi connectivity index (χ0v) is 5.07. The van der Waals surface area contributed by atoms with E-state index in [4.69, 9.17) is 0 Å². The molecular weight excluding hydrogens is 132 g/mol. The first kappa shape index (κ1) is 6.63. The first-order valence-electron chi connectivity index (χ1n) is 2.57. The third kappa shape index (κ3) is 0.822. The highest BCUT2D eigenvalue weighted by atomic mass is 16.0. The molecule has 52 valence electrons. The SMILES string of the molecule is O.c1cc2[nH]cnc2nn1. The van der Waals surface area contributed by atoms with E-state index in [9.17, 15) is 0 Å². The van der Waals surface area contributed by atoms with Crippen LogP contribution in [0.15, 0.2) is 18.6 Å². The predicted molar refractivity (Wildman–Crippen MR) is 35.3 cm³/mol. The first-order chi connectivity index (χ1) is 4.47. The van der Waals surface area contributed by atoms with Crippen LogP contribution >= 0.6 is 0 Å². The van der Waals surface area contributed by atoms with E-state index in [0.29, 0.717) is 5.65 Å². The van der Waals surface area contributed by atoms with E-state index in [1.165, 1.54) is 0 Å². The molecule has 0 aliphatic heterocycles. The summed E-state index contributed by atoms with van der Waals surface area (Å²) in [4.78, 5) is 6.80. The molecule has 2 aromatic rings. The van der Waals surface area contributed by atoms with Gasteiger partial charge in [-0.3, -0.25) is 0 Å². The van der Waals surface area contributed by atoms with E-state index in [1.54, 1.807) is 12.5 Å². The number of hydrogen-bond donors (Lipinski definition) is 1. The fourth-order valence-electron chi connectivity index (χ4n) is 0.695. The van der Waals surface area contributed by atoms with Crippen molar-refractivity contribution in [1.82, 2.24) is 20.2 Å². The van der Waals surface area contributed by atoms with Crippen molar-refractivity contribution >= 4 is 11.2 Å². The van der Waals surface area contributed by atoms with Gasteiger partial charge in [0.25, 0.3) is 0 Å². The smallest absolute Gasteiger partial charge is 0.199 e. The molecule has 0 bridgehead atoms. The monoisotopic (exact) mass is 138 g/mol. The molecule has 0 spiro atoms. The third-order valence-corrected chi connectivity index (χ3v) is 1.11. The molecule has 5 heteroatoms. The van der Waals surface area contributed by atoms with Gasteiger partial charge in [-0.2, -0.15) is 5.10 Å². The van der Waals surface area contributed by atoms with Gasteiger partial charge in [-0.15, -0.1) is 5.10 Å². The van der Waals surface area contributed by atoms with Crippen LogP contribution < -0.4 is 0 Å². The van der Waals surface area contributed by atoms with Crippen LogP contribution in [0.4, 0.5) is 0 Å². The Balaban J connectivity index is 0.000000500. The van der Waals surface area contributed by atoms with Gasteiger partial charge in [0, 0.05) is 0 Å². The van der Waals surface area contributed by atoms with Gasteiger partial charge in [0.1, 0.15) is 0 Å².